The molecule has 0 aromatic heterocycles. The summed E-state index contributed by atoms with van der Waals surface area (Å²) in [7, 11) is 0. The third-order valence-electron chi connectivity index (χ3n) is 3.16. The number of allylic oxidation sites excluding steroid dienone is 1. The van der Waals surface area contributed by atoms with Crippen molar-refractivity contribution in [2.75, 3.05) is 12.9 Å². The Kier molecular flexibility index (Phi) is 5.98. The topological polar surface area (TPSA) is 50.7 Å². The van der Waals surface area contributed by atoms with Crippen LogP contribution in [-0.4, -0.2) is 24.0 Å². The molecule has 122 valence electrons. The summed E-state index contributed by atoms with van der Waals surface area (Å²) in [5.74, 6) is -0.776. The fourth-order valence-electron chi connectivity index (χ4n) is 2.17. The van der Waals surface area contributed by atoms with E-state index in [2.05, 4.69) is 10.3 Å². The minimum atomic E-state index is -0.442. The van der Waals surface area contributed by atoms with Gasteiger partial charge in [0, 0.05) is 5.56 Å². The summed E-state index contributed by atoms with van der Waals surface area (Å²) in [5.41, 5.74) is 2.21. The molecule has 0 bridgehead atoms. The van der Waals surface area contributed by atoms with E-state index in [1.807, 2.05) is 19.3 Å². The number of hydrogen-bond acceptors (Lipinski definition) is 5. The molecule has 0 amide bonds. The van der Waals surface area contributed by atoms with Crippen LogP contribution in [0.3, 0.4) is 0 Å². The molecule has 4 nitrogen and oxygen atoms in total. The molecule has 0 saturated heterocycles. The van der Waals surface area contributed by atoms with Crippen LogP contribution in [0.2, 0.25) is 0 Å². The molecule has 2 rings (SSSR count). The second-order valence-electron chi connectivity index (χ2n) is 4.72. The van der Waals surface area contributed by atoms with E-state index in [1.54, 1.807) is 19.1 Å². The minimum absolute atomic E-state index is 0.275. The van der Waals surface area contributed by atoms with E-state index in [-0.39, 0.29) is 12.4 Å². The van der Waals surface area contributed by atoms with E-state index in [0.29, 0.717) is 27.7 Å². The van der Waals surface area contributed by atoms with E-state index in [4.69, 9.17) is 4.74 Å². The number of aliphatic imine (C=N–C) groups is 1. The Morgan fingerprint density at radius 2 is 2.04 bits per heavy atom. The van der Waals surface area contributed by atoms with Gasteiger partial charge in [0.25, 0.3) is 0 Å². The molecule has 1 heterocycles. The standard InChI is InChI=1S/C17H19FN2O2S/c1-4-6-13-14(16(21)22-5-2)15(20-17(19-13)23-3)11-7-9-12(18)10-8-11/h6-10H,4-5H2,1-3H3,(H,19,20)/b13-6-. The molecule has 0 unspecified atom stereocenters. The van der Waals surface area contributed by atoms with Crippen LogP contribution in [0, 0.1) is 5.82 Å². The average molecular weight is 334 g/mol. The molecule has 0 radical (unpaired) electrons. The van der Waals surface area contributed by atoms with Crippen LogP contribution in [0.15, 0.2) is 46.6 Å². The predicted octanol–water partition coefficient (Wildman–Crippen LogP) is 3.72. The number of carbonyl (C=O) groups is 1. The first kappa shape index (κ1) is 17.3. The predicted molar refractivity (Wildman–Crippen MR) is 92.4 cm³/mol. The van der Waals surface area contributed by atoms with Crippen molar-refractivity contribution < 1.29 is 13.9 Å². The maximum absolute atomic E-state index is 13.2. The lowest BCUT2D eigenvalue weighted by molar-refractivity contribution is -0.138. The van der Waals surface area contributed by atoms with Gasteiger partial charge in [-0.2, -0.15) is 0 Å². The number of thioether (sulfide) groups is 1. The summed E-state index contributed by atoms with van der Waals surface area (Å²) in [6, 6.07) is 5.93. The summed E-state index contributed by atoms with van der Waals surface area (Å²) in [4.78, 5) is 16.9. The second-order valence-corrected chi connectivity index (χ2v) is 5.52. The Morgan fingerprint density at radius 1 is 1.35 bits per heavy atom. The monoisotopic (exact) mass is 334 g/mol. The number of benzene rings is 1. The van der Waals surface area contributed by atoms with Gasteiger partial charge in [-0.1, -0.05) is 24.8 Å². The van der Waals surface area contributed by atoms with Crippen LogP contribution in [0.25, 0.3) is 5.70 Å². The zero-order chi connectivity index (χ0) is 16.8. The summed E-state index contributed by atoms with van der Waals surface area (Å²) in [5, 5.41) is 3.82. The summed E-state index contributed by atoms with van der Waals surface area (Å²) in [6.07, 6.45) is 4.57. The second kappa shape index (κ2) is 7.97. The first-order valence-electron chi connectivity index (χ1n) is 7.38. The Morgan fingerprint density at radius 3 is 2.61 bits per heavy atom. The van der Waals surface area contributed by atoms with Crippen molar-refractivity contribution in [2.24, 2.45) is 4.99 Å². The molecule has 1 aromatic rings. The molecular formula is C17H19FN2O2S. The van der Waals surface area contributed by atoms with Gasteiger partial charge in [0.15, 0.2) is 5.17 Å². The molecule has 0 spiro atoms. The maximum atomic E-state index is 13.2. The Labute approximate surface area is 139 Å². The van der Waals surface area contributed by atoms with E-state index in [9.17, 15) is 9.18 Å². The molecule has 6 heteroatoms. The number of esters is 1. The lowest BCUT2D eigenvalue weighted by atomic mass is 10.0. The van der Waals surface area contributed by atoms with Gasteiger partial charge in [0.1, 0.15) is 11.4 Å². The van der Waals surface area contributed by atoms with Gasteiger partial charge in [-0.25, -0.2) is 14.2 Å². The number of carbonyl (C=O) groups excluding carboxylic acids is 1. The summed E-state index contributed by atoms with van der Waals surface area (Å²) >= 11 is 1.44. The highest BCUT2D eigenvalue weighted by molar-refractivity contribution is 8.13. The fraction of sp³-hybridized carbons (Fsp3) is 0.294. The summed E-state index contributed by atoms with van der Waals surface area (Å²) in [6.45, 7) is 4.02. The van der Waals surface area contributed by atoms with E-state index in [1.165, 1.54) is 23.9 Å². The number of halogens is 1. The number of hydrogen-bond donors (Lipinski definition) is 1. The number of amidine groups is 1. The van der Waals surface area contributed by atoms with Crippen LogP contribution in [0.4, 0.5) is 4.39 Å². The molecule has 1 aliphatic rings. The van der Waals surface area contributed by atoms with E-state index < -0.39 is 5.97 Å². The third-order valence-corrected chi connectivity index (χ3v) is 3.74. The van der Waals surface area contributed by atoms with Gasteiger partial charge in [-0.05, 0) is 43.9 Å². The largest absolute Gasteiger partial charge is 0.462 e. The first-order chi connectivity index (χ1) is 11.1. The van der Waals surface area contributed by atoms with Crippen LogP contribution in [0.1, 0.15) is 25.8 Å². The Balaban J connectivity index is 2.64. The molecular weight excluding hydrogens is 315 g/mol. The van der Waals surface area contributed by atoms with E-state index in [0.717, 1.165) is 6.42 Å². The van der Waals surface area contributed by atoms with Gasteiger partial charge in [-0.15, -0.1) is 0 Å². The zero-order valence-electron chi connectivity index (χ0n) is 13.4. The smallest absolute Gasteiger partial charge is 0.342 e. The van der Waals surface area contributed by atoms with Crippen molar-refractivity contribution in [3.63, 3.8) is 0 Å². The molecule has 1 N–H and O–H groups in total. The zero-order valence-corrected chi connectivity index (χ0v) is 14.2. The molecule has 23 heavy (non-hydrogen) atoms. The highest BCUT2D eigenvalue weighted by atomic mass is 32.2. The van der Waals surface area contributed by atoms with Gasteiger partial charge in [-0.3, -0.25) is 0 Å². The van der Waals surface area contributed by atoms with Crippen molar-refractivity contribution in [3.05, 3.63) is 53.0 Å². The van der Waals surface area contributed by atoms with Gasteiger partial charge < -0.3 is 10.1 Å². The Bertz CT molecular complexity index is 678. The SMILES string of the molecule is CC/C=C1\NC(SC)=NC(c2ccc(F)cc2)=C1C(=O)OCC. The van der Waals surface area contributed by atoms with Crippen molar-refractivity contribution in [1.82, 2.24) is 5.32 Å². The van der Waals surface area contributed by atoms with Crippen molar-refractivity contribution >= 4 is 28.6 Å². The fourth-order valence-corrected chi connectivity index (χ4v) is 2.57. The van der Waals surface area contributed by atoms with Crippen molar-refractivity contribution in [2.45, 2.75) is 20.3 Å². The normalized spacial score (nSPS) is 16.2. The lowest BCUT2D eigenvalue weighted by Gasteiger charge is -2.22. The number of nitrogens with zero attached hydrogens (tertiary/aromatic N) is 1. The van der Waals surface area contributed by atoms with Crippen LogP contribution in [-0.2, 0) is 9.53 Å². The molecule has 1 aromatic carbocycles. The molecule has 1 aliphatic heterocycles. The Hall–Kier alpha value is -2.08. The first-order valence-corrected chi connectivity index (χ1v) is 8.60. The van der Waals surface area contributed by atoms with E-state index >= 15 is 0 Å². The number of nitrogens with one attached hydrogen (secondary N) is 1. The average Bonchev–Trinajstić information content (AvgIpc) is 2.55. The van der Waals surface area contributed by atoms with Gasteiger partial charge in [0.05, 0.1) is 18.0 Å². The van der Waals surface area contributed by atoms with Crippen molar-refractivity contribution in [3.8, 4) is 0 Å². The summed E-state index contributed by atoms with van der Waals surface area (Å²) < 4.78 is 18.4. The number of rotatable bonds is 4. The minimum Gasteiger partial charge on any atom is -0.462 e. The van der Waals surface area contributed by atoms with Crippen molar-refractivity contribution in [1.29, 1.82) is 0 Å². The van der Waals surface area contributed by atoms with Crippen LogP contribution >= 0.6 is 11.8 Å². The van der Waals surface area contributed by atoms with Crippen LogP contribution in [0.5, 0.6) is 0 Å². The molecule has 0 fully saturated rings. The molecule has 0 atom stereocenters. The highest BCUT2D eigenvalue weighted by Crippen LogP contribution is 2.30. The molecule has 0 aliphatic carbocycles. The van der Waals surface area contributed by atoms with Gasteiger partial charge in [0.2, 0.25) is 0 Å². The van der Waals surface area contributed by atoms with Gasteiger partial charge >= 0.3 is 5.97 Å². The third kappa shape index (κ3) is 4.01. The maximum Gasteiger partial charge on any atom is 0.342 e. The quantitative estimate of drug-likeness (QED) is 0.853. The number of ether oxygens (including phenoxy) is 1. The van der Waals surface area contributed by atoms with Crippen LogP contribution < -0.4 is 5.32 Å². The molecule has 0 saturated carbocycles. The lowest BCUT2D eigenvalue weighted by Crippen LogP contribution is -2.29. The highest BCUT2D eigenvalue weighted by Gasteiger charge is 2.26.